The average Bonchev–Trinajstić information content (AvgIpc) is 0.956. The molecule has 560 valence electrons. The van der Waals surface area contributed by atoms with E-state index in [0.29, 0.717) is 94.1 Å². The van der Waals surface area contributed by atoms with E-state index in [9.17, 15) is 39.9 Å². The molecule has 0 aromatic heterocycles. The minimum atomic E-state index is -2.03. The van der Waals surface area contributed by atoms with Crippen molar-refractivity contribution in [2.24, 2.45) is 0 Å². The van der Waals surface area contributed by atoms with Crippen LogP contribution in [0.5, 0.6) is 69.0 Å². The van der Waals surface area contributed by atoms with Crippen LogP contribution in [-0.2, 0) is 62.4 Å². The molecule has 8 heterocycles. The Hall–Kier alpha value is -9.80. The van der Waals surface area contributed by atoms with E-state index in [1.54, 1.807) is 26.4 Å². The zero-order valence-corrected chi connectivity index (χ0v) is 64.0. The number of aryl methyl sites for hydroxylation is 2. The molecule has 0 radical (unpaired) electrons. The summed E-state index contributed by atoms with van der Waals surface area (Å²) in [6, 6.07) is 19.6. The molecule has 2 saturated heterocycles. The third-order valence-electron chi connectivity index (χ3n) is 23.1. The van der Waals surface area contributed by atoms with Crippen LogP contribution in [0.25, 0.3) is 0 Å². The predicted molar refractivity (Wildman–Crippen MR) is 392 cm³/mol. The van der Waals surface area contributed by atoms with Gasteiger partial charge in [0.25, 0.3) is 0 Å². The highest BCUT2D eigenvalue weighted by molar-refractivity contribution is 6.74. The maximum atomic E-state index is 13.9. The van der Waals surface area contributed by atoms with Gasteiger partial charge in [-0.3, -0.25) is 38.8 Å². The van der Waals surface area contributed by atoms with Crippen molar-refractivity contribution in [1.82, 2.24) is 30.2 Å². The molecule has 0 spiro atoms. The number of aromatic hydroxyl groups is 2. The van der Waals surface area contributed by atoms with Crippen molar-refractivity contribution in [3.8, 4) is 81.1 Å². The molecular weight excluding hydrogens is 1370 g/mol. The van der Waals surface area contributed by atoms with Crippen molar-refractivity contribution in [3.63, 3.8) is 0 Å². The smallest absolute Gasteiger partial charge is 0.308 e. The average molecular weight is 1470 g/mol. The number of hydrogen-bond donors (Lipinski definition) is 4. The van der Waals surface area contributed by atoms with Gasteiger partial charge in [0.15, 0.2) is 52.8 Å². The number of piperazine rings is 2. The Bertz CT molecular complexity index is 4590. The van der Waals surface area contributed by atoms with E-state index in [2.05, 4.69) is 89.4 Å². The van der Waals surface area contributed by atoms with Crippen molar-refractivity contribution < 1.29 is 81.2 Å². The maximum absolute atomic E-state index is 13.9. The van der Waals surface area contributed by atoms with E-state index >= 15 is 0 Å². The van der Waals surface area contributed by atoms with E-state index in [-0.39, 0.29) is 111 Å². The quantitative estimate of drug-likeness (QED) is 0.0286. The molecule has 10 atom stereocenters. The van der Waals surface area contributed by atoms with Crippen molar-refractivity contribution in [2.75, 3.05) is 68.9 Å². The Morgan fingerprint density at radius 3 is 1.45 bits per heavy atom. The van der Waals surface area contributed by atoms with Gasteiger partial charge >= 0.3 is 11.9 Å². The first kappa shape index (κ1) is 74.5. The Labute approximate surface area is 619 Å². The van der Waals surface area contributed by atoms with Gasteiger partial charge in [-0.25, -0.2) is 0 Å². The normalized spacial score (nSPS) is 22.9. The van der Waals surface area contributed by atoms with E-state index in [1.807, 2.05) is 65.1 Å². The highest BCUT2D eigenvalue weighted by Crippen LogP contribution is 2.61. The number of nitrogens with one attached hydrogen (secondary N) is 2. The largest absolute Gasteiger partial charge is 0.544 e. The van der Waals surface area contributed by atoms with Crippen molar-refractivity contribution in [2.45, 2.75) is 179 Å². The molecule has 8 aliphatic rings. The molecule has 0 aliphatic carbocycles. The van der Waals surface area contributed by atoms with Crippen LogP contribution >= 0.6 is 0 Å². The number of amides is 2. The van der Waals surface area contributed by atoms with Crippen LogP contribution < -0.4 is 57.7 Å². The van der Waals surface area contributed by atoms with Gasteiger partial charge in [0.1, 0.15) is 35.1 Å². The van der Waals surface area contributed by atoms with Gasteiger partial charge in [-0.05, 0) is 143 Å². The lowest BCUT2D eigenvalue weighted by Gasteiger charge is -2.60. The summed E-state index contributed by atoms with van der Waals surface area (Å²) in [5, 5.41) is 49.7. The standard InChI is InChI=1S/C44H56N4O9Si.C36H38N4O8/c1-24-16-28-18-31-33(20-45)48-32(38(47(31)7)36(28)42(39(24)52-9)53-22-51-8)19-30-37(43-41(54-23-55-43)25(2)40(30)56-26(3)49)34(48)21-46-35(50)17-27-12-14-29(15-13-27)57-58(10,11)44(4,5)6;1-17-10-21-12-24-26(14-37)40-25(31(39(24)4)29(21)32(44)33(17)45-5)13-23-30(36-35(46-16-47-36)18(2)34(23)48-19(3)41)27(40)15-38-28(43)11-20-6-8-22(42)9-7-20/h12-16,31-34,38H,17-19,21-23H2,1-11H3,(H,46,50);6-10,24-27,31,42,44H,11-13,15-16H2,1-5H3,(H,38,43)/t31-,32-,33-,34-,38-;24-,25-,26-,27-,31-/m00/s1. The lowest BCUT2D eigenvalue weighted by molar-refractivity contribution is -0.133. The maximum Gasteiger partial charge on any atom is 0.308 e. The van der Waals surface area contributed by atoms with Crippen LogP contribution in [0.3, 0.4) is 0 Å². The second kappa shape index (κ2) is 29.2. The zero-order valence-electron chi connectivity index (χ0n) is 63.0. The second-order valence-electron chi connectivity index (χ2n) is 30.4. The van der Waals surface area contributed by atoms with Crippen molar-refractivity contribution in [3.05, 3.63) is 139 Å². The summed E-state index contributed by atoms with van der Waals surface area (Å²) in [6.07, 6.45) is 2.12. The lowest BCUT2D eigenvalue weighted by Crippen LogP contribution is -2.68. The van der Waals surface area contributed by atoms with E-state index in [1.165, 1.54) is 33.1 Å². The number of phenols is 2. The molecule has 6 aromatic carbocycles. The van der Waals surface area contributed by atoms with Gasteiger partial charge < -0.3 is 72.6 Å². The number of methoxy groups -OCH3 is 3. The van der Waals surface area contributed by atoms with Gasteiger partial charge in [0.2, 0.25) is 33.7 Å². The summed E-state index contributed by atoms with van der Waals surface area (Å²) < 4.78 is 65.9. The Morgan fingerprint density at radius 2 is 1.02 bits per heavy atom. The summed E-state index contributed by atoms with van der Waals surface area (Å²) in [6.45, 7) is 21.6. The fraction of sp³-hybridized carbons (Fsp3) is 0.475. The third-order valence-corrected chi connectivity index (χ3v) is 27.4. The first-order chi connectivity index (χ1) is 50.5. The summed E-state index contributed by atoms with van der Waals surface area (Å²) in [5.41, 5.74) is 11.3. The van der Waals surface area contributed by atoms with Gasteiger partial charge in [0.05, 0.1) is 63.4 Å². The molecule has 0 saturated carbocycles. The van der Waals surface area contributed by atoms with Crippen LogP contribution in [0.1, 0.15) is 137 Å². The number of fused-ring (bicyclic) bond motifs is 18. The topological polar surface area (TPSA) is 295 Å². The molecule has 2 amide bonds. The molecule has 106 heavy (non-hydrogen) atoms. The molecule has 25 nitrogen and oxygen atoms in total. The first-order valence-corrected chi connectivity index (χ1v) is 38.8. The number of carbonyl (C=O) groups is 4. The van der Waals surface area contributed by atoms with Gasteiger partial charge in [0, 0.05) is 103 Å². The van der Waals surface area contributed by atoms with Crippen LogP contribution in [0.2, 0.25) is 18.1 Å². The van der Waals surface area contributed by atoms with Gasteiger partial charge in [-0.15, -0.1) is 0 Å². The van der Waals surface area contributed by atoms with Crippen LogP contribution in [0.4, 0.5) is 0 Å². The number of nitriles is 2. The van der Waals surface area contributed by atoms with Crippen LogP contribution in [0, 0.1) is 50.4 Å². The molecule has 0 unspecified atom stereocenters. The second-order valence-corrected chi connectivity index (χ2v) is 35.1. The van der Waals surface area contributed by atoms with Crippen molar-refractivity contribution >= 4 is 32.1 Å². The molecule has 2 fully saturated rings. The number of rotatable bonds is 17. The third kappa shape index (κ3) is 13.1. The molecule has 26 heteroatoms. The van der Waals surface area contributed by atoms with Gasteiger partial charge in [-0.1, -0.05) is 57.2 Å². The fourth-order valence-electron chi connectivity index (χ4n) is 17.5. The SMILES string of the molecule is COCOc1c(OC)c(C)cc2c1[C@@H]1[C@@H]3Cc4c(OC(C)=O)c(C)c5c(c4[C@H](CNC(=O)Cc4ccc(O[Si](C)(C)C(C)(C)C)cc4)N3[C@@H](C#N)[C@H](C2)N1C)OCO5.COc1c(C)cc2c(c1O)[C@@H]1[C@@H]3Cc4c(OC(C)=O)c(C)c5c(c4[C@H](CNC(=O)Cc4ccc(O)cc4)N3[C@@H](C#N)[C@H](C2)N1C)OCO5. The highest BCUT2D eigenvalue weighted by Gasteiger charge is 2.59. The summed E-state index contributed by atoms with van der Waals surface area (Å²) in [4.78, 5) is 61.3. The number of carbonyl (C=O) groups excluding carboxylic acids is 4. The lowest BCUT2D eigenvalue weighted by atomic mass is 9.71. The molecule has 14 rings (SSSR count). The Morgan fingerprint density at radius 1 is 0.585 bits per heavy atom. The minimum absolute atomic E-state index is 0.00777. The number of nitrogens with zero attached hydrogens (tertiary/aromatic N) is 6. The zero-order chi connectivity index (χ0) is 75.9. The number of esters is 2. The summed E-state index contributed by atoms with van der Waals surface area (Å²) in [7, 11) is 6.75. The monoisotopic (exact) mass is 1470 g/mol. The van der Waals surface area contributed by atoms with Crippen LogP contribution in [-0.4, -0.2) is 167 Å². The molecule has 6 aromatic rings. The molecule has 4 N–H and O–H groups in total. The first-order valence-electron chi connectivity index (χ1n) is 35.9. The number of ether oxygens (including phenoxy) is 10. The van der Waals surface area contributed by atoms with Gasteiger partial charge in [-0.2, -0.15) is 10.5 Å². The molecular formula is C80H94N8O17Si. The number of benzene rings is 6. The van der Waals surface area contributed by atoms with Crippen LogP contribution in [0.15, 0.2) is 60.7 Å². The van der Waals surface area contributed by atoms with E-state index in [0.717, 1.165) is 66.9 Å². The van der Waals surface area contributed by atoms with Crippen molar-refractivity contribution in [1.29, 1.82) is 10.5 Å². The molecule has 8 aliphatic heterocycles. The minimum Gasteiger partial charge on any atom is -0.544 e. The molecule has 4 bridgehead atoms. The Kier molecular flexibility index (Phi) is 20.5. The Balaban J connectivity index is 0.000000191. The number of phenolic OH excluding ortho intramolecular Hbond substituents is 2. The fourth-order valence-corrected chi connectivity index (χ4v) is 18.5. The highest BCUT2D eigenvalue weighted by atomic mass is 28.4. The number of likely N-dealkylation sites (N-methyl/N-ethyl adjacent to an activating group) is 2. The summed E-state index contributed by atoms with van der Waals surface area (Å²) >= 11 is 0. The number of hydrogen-bond acceptors (Lipinski definition) is 23. The van der Waals surface area contributed by atoms with E-state index < -0.39 is 44.4 Å². The van der Waals surface area contributed by atoms with E-state index in [4.69, 9.17) is 51.8 Å². The summed E-state index contributed by atoms with van der Waals surface area (Å²) in [5.74, 6) is 4.04. The predicted octanol–water partition coefficient (Wildman–Crippen LogP) is 9.97.